The fourth-order valence-corrected chi connectivity index (χ4v) is 4.49. The van der Waals surface area contributed by atoms with Gasteiger partial charge in [0.2, 0.25) is 0 Å². The summed E-state index contributed by atoms with van der Waals surface area (Å²) in [6, 6.07) is 4.73. The number of aromatic nitrogens is 4. The molecule has 1 aliphatic rings. The Morgan fingerprint density at radius 1 is 1.27 bits per heavy atom. The Kier molecular flexibility index (Phi) is 4.20. The monoisotopic (exact) mass is 393 g/mol. The van der Waals surface area contributed by atoms with Gasteiger partial charge in [-0.25, -0.2) is 13.2 Å². The molecule has 0 spiro atoms. The third-order valence-corrected chi connectivity index (χ3v) is 5.92. The van der Waals surface area contributed by atoms with Crippen molar-refractivity contribution in [2.45, 2.75) is 11.4 Å². The normalized spacial score (nSPS) is 14.8. The second-order valence-electron chi connectivity index (χ2n) is 5.70. The molecule has 26 heavy (non-hydrogen) atoms. The van der Waals surface area contributed by atoms with E-state index in [4.69, 9.17) is 0 Å². The number of urea groups is 1. The number of hydrogen-bond acceptors (Lipinski definition) is 7. The molecule has 3 aromatic rings. The molecule has 0 saturated carbocycles. The highest BCUT2D eigenvalue weighted by molar-refractivity contribution is 7.93. The topological polar surface area (TPSA) is 122 Å². The summed E-state index contributed by atoms with van der Waals surface area (Å²) in [7, 11) is -3.81. The van der Waals surface area contributed by atoms with Crippen LogP contribution in [0.5, 0.6) is 0 Å². The van der Waals surface area contributed by atoms with E-state index in [-0.39, 0.29) is 10.9 Å². The first-order valence-electron chi connectivity index (χ1n) is 7.82. The molecule has 136 valence electrons. The quantitative estimate of drug-likeness (QED) is 0.636. The summed E-state index contributed by atoms with van der Waals surface area (Å²) in [5.41, 5.74) is 1.23. The Morgan fingerprint density at radius 3 is 2.96 bits per heavy atom. The third kappa shape index (κ3) is 3.20. The van der Waals surface area contributed by atoms with Crippen LogP contribution in [0.3, 0.4) is 0 Å². The lowest BCUT2D eigenvalue weighted by molar-refractivity contribution is 0.215. The highest BCUT2D eigenvalue weighted by Gasteiger charge is 2.21. The standard InChI is InChI=1S/C14H15N7O3S2/c22-14-15-4-5-20(14)6-7-21-9-10(8-16-21)19-26(23,24)12-3-1-2-11-13(12)18-25-17-11/h1-3,8-9,19H,4-7H2,(H,15,22). The van der Waals surface area contributed by atoms with Gasteiger partial charge in [0, 0.05) is 25.8 Å². The van der Waals surface area contributed by atoms with Crippen LogP contribution in [-0.2, 0) is 16.6 Å². The van der Waals surface area contributed by atoms with Crippen LogP contribution >= 0.6 is 11.7 Å². The number of anilines is 1. The van der Waals surface area contributed by atoms with E-state index in [0.717, 1.165) is 11.7 Å². The third-order valence-electron chi connectivity index (χ3n) is 3.97. The van der Waals surface area contributed by atoms with E-state index in [0.29, 0.717) is 42.9 Å². The largest absolute Gasteiger partial charge is 0.336 e. The second-order valence-corrected chi connectivity index (χ2v) is 7.88. The predicted molar refractivity (Wildman–Crippen MR) is 95.4 cm³/mol. The van der Waals surface area contributed by atoms with Crippen LogP contribution in [0.1, 0.15) is 0 Å². The minimum absolute atomic E-state index is 0.0743. The van der Waals surface area contributed by atoms with Crippen LogP contribution in [0.4, 0.5) is 10.5 Å². The Hall–Kier alpha value is -2.73. The van der Waals surface area contributed by atoms with Crippen molar-refractivity contribution in [1.82, 2.24) is 28.7 Å². The molecule has 1 saturated heterocycles. The average Bonchev–Trinajstić information content (AvgIpc) is 3.33. The van der Waals surface area contributed by atoms with Crippen molar-refractivity contribution >= 4 is 44.5 Å². The van der Waals surface area contributed by atoms with Crippen molar-refractivity contribution in [3.63, 3.8) is 0 Å². The van der Waals surface area contributed by atoms with Gasteiger partial charge >= 0.3 is 6.03 Å². The first-order chi connectivity index (χ1) is 12.5. The second kappa shape index (κ2) is 6.53. The van der Waals surface area contributed by atoms with Gasteiger partial charge in [0.05, 0.1) is 30.2 Å². The van der Waals surface area contributed by atoms with E-state index in [1.807, 2.05) is 0 Å². The first-order valence-corrected chi connectivity index (χ1v) is 10.0. The molecule has 0 bridgehead atoms. The van der Waals surface area contributed by atoms with Crippen molar-refractivity contribution in [2.24, 2.45) is 0 Å². The van der Waals surface area contributed by atoms with Gasteiger partial charge in [-0.15, -0.1) is 0 Å². The number of fused-ring (bicyclic) bond motifs is 1. The number of rotatable bonds is 6. The van der Waals surface area contributed by atoms with Crippen molar-refractivity contribution < 1.29 is 13.2 Å². The maximum atomic E-state index is 12.7. The first kappa shape index (κ1) is 16.7. The molecule has 2 amide bonds. The number of carbonyl (C=O) groups excluding carboxylic acids is 1. The summed E-state index contributed by atoms with van der Waals surface area (Å²) in [6.07, 6.45) is 3.02. The van der Waals surface area contributed by atoms with E-state index >= 15 is 0 Å². The molecule has 1 aliphatic heterocycles. The minimum Gasteiger partial charge on any atom is -0.336 e. The lowest BCUT2D eigenvalue weighted by Crippen LogP contribution is -2.31. The van der Waals surface area contributed by atoms with Gasteiger partial charge < -0.3 is 10.2 Å². The van der Waals surface area contributed by atoms with E-state index in [9.17, 15) is 13.2 Å². The number of nitrogens with one attached hydrogen (secondary N) is 2. The summed E-state index contributed by atoms with van der Waals surface area (Å²) in [4.78, 5) is 13.3. The highest BCUT2D eigenvalue weighted by atomic mass is 32.2. The number of benzene rings is 1. The van der Waals surface area contributed by atoms with Gasteiger partial charge in [0.15, 0.2) is 0 Å². The van der Waals surface area contributed by atoms with Gasteiger partial charge in [-0.3, -0.25) is 9.40 Å². The minimum atomic E-state index is -3.81. The van der Waals surface area contributed by atoms with Crippen molar-refractivity contribution in [3.8, 4) is 0 Å². The van der Waals surface area contributed by atoms with Crippen LogP contribution < -0.4 is 10.0 Å². The molecule has 2 aromatic heterocycles. The van der Waals surface area contributed by atoms with Crippen LogP contribution in [0.25, 0.3) is 11.0 Å². The summed E-state index contributed by atoms with van der Waals surface area (Å²) in [6.45, 7) is 2.27. The predicted octanol–water partition coefficient (Wildman–Crippen LogP) is 0.714. The van der Waals surface area contributed by atoms with Gasteiger partial charge in [-0.2, -0.15) is 13.8 Å². The molecule has 0 aliphatic carbocycles. The zero-order chi connectivity index (χ0) is 18.1. The van der Waals surface area contributed by atoms with Crippen molar-refractivity contribution in [2.75, 3.05) is 24.4 Å². The van der Waals surface area contributed by atoms with Crippen LogP contribution in [0, 0.1) is 0 Å². The van der Waals surface area contributed by atoms with E-state index in [1.54, 1.807) is 27.9 Å². The fourth-order valence-electron chi connectivity index (χ4n) is 2.69. The maximum Gasteiger partial charge on any atom is 0.317 e. The smallest absolute Gasteiger partial charge is 0.317 e. The molecule has 4 rings (SSSR count). The number of hydrogen-bond donors (Lipinski definition) is 2. The lowest BCUT2D eigenvalue weighted by atomic mass is 10.3. The summed E-state index contributed by atoms with van der Waals surface area (Å²) in [5, 5.41) is 6.87. The lowest BCUT2D eigenvalue weighted by Gasteiger charge is -2.13. The van der Waals surface area contributed by atoms with Gasteiger partial charge in [0.25, 0.3) is 10.0 Å². The number of nitrogens with zero attached hydrogens (tertiary/aromatic N) is 5. The fraction of sp³-hybridized carbons (Fsp3) is 0.286. The number of carbonyl (C=O) groups is 1. The van der Waals surface area contributed by atoms with Crippen LogP contribution in [0.15, 0.2) is 35.5 Å². The van der Waals surface area contributed by atoms with Crippen molar-refractivity contribution in [1.29, 1.82) is 0 Å². The molecule has 2 N–H and O–H groups in total. The molecule has 12 heteroatoms. The van der Waals surface area contributed by atoms with Gasteiger partial charge in [-0.05, 0) is 12.1 Å². The zero-order valence-electron chi connectivity index (χ0n) is 13.5. The van der Waals surface area contributed by atoms with E-state index in [1.165, 1.54) is 12.3 Å². The molecule has 10 nitrogen and oxygen atoms in total. The van der Waals surface area contributed by atoms with E-state index in [2.05, 4.69) is 23.9 Å². The van der Waals surface area contributed by atoms with Crippen LogP contribution in [-0.4, -0.2) is 57.5 Å². The van der Waals surface area contributed by atoms with Crippen LogP contribution in [0.2, 0.25) is 0 Å². The molecule has 0 unspecified atom stereocenters. The zero-order valence-corrected chi connectivity index (χ0v) is 15.1. The molecular formula is C14H15N7O3S2. The maximum absolute atomic E-state index is 12.7. The Morgan fingerprint density at radius 2 is 2.15 bits per heavy atom. The summed E-state index contributed by atoms with van der Waals surface area (Å²) in [5.74, 6) is 0. The number of sulfonamides is 1. The number of amides is 2. The molecule has 1 aromatic carbocycles. The molecule has 0 radical (unpaired) electrons. The summed E-state index contributed by atoms with van der Waals surface area (Å²) >= 11 is 0.966. The van der Waals surface area contributed by atoms with Crippen molar-refractivity contribution in [3.05, 3.63) is 30.6 Å². The molecule has 3 heterocycles. The Bertz CT molecular complexity index is 1060. The highest BCUT2D eigenvalue weighted by Crippen LogP contribution is 2.23. The van der Waals surface area contributed by atoms with Gasteiger partial charge in [-0.1, -0.05) is 6.07 Å². The Balaban J connectivity index is 1.48. The molecule has 0 atom stereocenters. The van der Waals surface area contributed by atoms with Gasteiger partial charge in [0.1, 0.15) is 15.9 Å². The van der Waals surface area contributed by atoms with E-state index < -0.39 is 10.0 Å². The SMILES string of the molecule is O=C1NCCN1CCn1cc(NS(=O)(=O)c2cccc3nsnc23)cn1. The molecular weight excluding hydrogens is 378 g/mol. The Labute approximate surface area is 153 Å². The molecule has 1 fully saturated rings. The summed E-state index contributed by atoms with van der Waals surface area (Å²) < 4.78 is 37.5. The average molecular weight is 393 g/mol.